The first kappa shape index (κ1) is 11.7. The van der Waals surface area contributed by atoms with Crippen molar-refractivity contribution in [2.24, 2.45) is 7.05 Å². The third-order valence-electron chi connectivity index (χ3n) is 2.67. The van der Waals surface area contributed by atoms with E-state index in [0.717, 1.165) is 18.8 Å². The first-order chi connectivity index (χ1) is 8.15. The van der Waals surface area contributed by atoms with Crippen LogP contribution in [-0.4, -0.2) is 31.9 Å². The van der Waals surface area contributed by atoms with Gasteiger partial charge in [0.25, 0.3) is 0 Å². The molecule has 0 spiro atoms. The van der Waals surface area contributed by atoms with E-state index in [2.05, 4.69) is 34.2 Å². The predicted octanol–water partition coefficient (Wildman–Crippen LogP) is 1.15. The summed E-state index contributed by atoms with van der Waals surface area (Å²) in [5, 5.41) is 8.00. The van der Waals surface area contributed by atoms with E-state index < -0.39 is 0 Å². The van der Waals surface area contributed by atoms with Gasteiger partial charge in [0.1, 0.15) is 0 Å². The van der Waals surface area contributed by atoms with Crippen LogP contribution in [0, 0.1) is 6.92 Å². The van der Waals surface area contributed by atoms with Gasteiger partial charge in [0.05, 0.1) is 5.69 Å². The fourth-order valence-electron chi connectivity index (χ4n) is 1.75. The van der Waals surface area contributed by atoms with Gasteiger partial charge in [0.2, 0.25) is 0 Å². The van der Waals surface area contributed by atoms with Crippen LogP contribution in [-0.2, 0) is 20.1 Å². The Morgan fingerprint density at radius 3 is 2.82 bits per heavy atom. The van der Waals surface area contributed by atoms with Crippen LogP contribution in [0.1, 0.15) is 16.8 Å². The molecule has 2 heterocycles. The Hall–Kier alpha value is -1.75. The minimum atomic E-state index is 0.794. The van der Waals surface area contributed by atoms with Gasteiger partial charge in [-0.1, -0.05) is 5.21 Å². The normalized spacial score (nSPS) is 11.1. The highest BCUT2D eigenvalue weighted by Gasteiger charge is 2.06. The second-order valence-corrected chi connectivity index (χ2v) is 4.36. The fourth-order valence-corrected chi connectivity index (χ4v) is 1.75. The lowest BCUT2D eigenvalue weighted by Crippen LogP contribution is -2.18. The summed E-state index contributed by atoms with van der Waals surface area (Å²) in [7, 11) is 3.95. The molecule has 5 nitrogen and oxygen atoms in total. The summed E-state index contributed by atoms with van der Waals surface area (Å²) in [6, 6.07) is 2.03. The summed E-state index contributed by atoms with van der Waals surface area (Å²) < 4.78 is 1.72. The molecule has 0 aliphatic rings. The maximum Gasteiger partial charge on any atom is 0.0967 e. The van der Waals surface area contributed by atoms with Crippen molar-refractivity contribution in [3.8, 4) is 0 Å². The molecule has 2 aromatic rings. The van der Waals surface area contributed by atoms with Crippen molar-refractivity contribution < 1.29 is 0 Å². The quantitative estimate of drug-likeness (QED) is 0.792. The minimum absolute atomic E-state index is 0.794. The van der Waals surface area contributed by atoms with Crippen LogP contribution in [0.5, 0.6) is 0 Å². The minimum Gasteiger partial charge on any atom is -0.296 e. The monoisotopic (exact) mass is 231 g/mol. The number of aryl methyl sites for hydroxylation is 2. The molecule has 0 radical (unpaired) electrons. The third-order valence-corrected chi connectivity index (χ3v) is 2.67. The van der Waals surface area contributed by atoms with Crippen molar-refractivity contribution in [3.63, 3.8) is 0 Å². The van der Waals surface area contributed by atoms with Crippen LogP contribution in [0.2, 0.25) is 0 Å². The molecule has 0 amide bonds. The molecular weight excluding hydrogens is 214 g/mol. The van der Waals surface area contributed by atoms with Crippen molar-refractivity contribution in [3.05, 3.63) is 41.5 Å². The van der Waals surface area contributed by atoms with Gasteiger partial charge >= 0.3 is 0 Å². The van der Waals surface area contributed by atoms with Crippen molar-refractivity contribution >= 4 is 0 Å². The summed E-state index contributed by atoms with van der Waals surface area (Å²) in [4.78, 5) is 6.35. The van der Waals surface area contributed by atoms with E-state index >= 15 is 0 Å². The Morgan fingerprint density at radius 1 is 1.35 bits per heavy atom. The van der Waals surface area contributed by atoms with Crippen LogP contribution in [0.25, 0.3) is 0 Å². The first-order valence-electron chi connectivity index (χ1n) is 5.58. The van der Waals surface area contributed by atoms with Crippen LogP contribution in [0.4, 0.5) is 0 Å². The second kappa shape index (κ2) is 5.05. The first-order valence-corrected chi connectivity index (χ1v) is 5.58. The molecule has 0 aliphatic heterocycles. The maximum atomic E-state index is 4.15. The molecule has 0 bridgehead atoms. The standard InChI is InChI=1S/C12H17N5/c1-10-4-5-13-6-11(10)7-16(2)8-12-9-17(3)15-14-12/h4-6,9H,7-8H2,1-3H3. The summed E-state index contributed by atoms with van der Waals surface area (Å²) >= 11 is 0. The van der Waals surface area contributed by atoms with Crippen LogP contribution < -0.4 is 0 Å². The van der Waals surface area contributed by atoms with E-state index in [-0.39, 0.29) is 0 Å². The van der Waals surface area contributed by atoms with Gasteiger partial charge in [-0.25, -0.2) is 0 Å². The third kappa shape index (κ3) is 3.10. The molecule has 0 unspecified atom stereocenters. The smallest absolute Gasteiger partial charge is 0.0967 e. The predicted molar refractivity (Wildman–Crippen MR) is 65.1 cm³/mol. The zero-order chi connectivity index (χ0) is 12.3. The van der Waals surface area contributed by atoms with Gasteiger partial charge in [-0.3, -0.25) is 14.6 Å². The summed E-state index contributed by atoms with van der Waals surface area (Å²) in [6.07, 6.45) is 5.68. The van der Waals surface area contributed by atoms with E-state index in [1.807, 2.05) is 31.7 Å². The van der Waals surface area contributed by atoms with Crippen molar-refractivity contribution in [1.82, 2.24) is 24.9 Å². The van der Waals surface area contributed by atoms with Gasteiger partial charge in [0.15, 0.2) is 0 Å². The highest BCUT2D eigenvalue weighted by molar-refractivity contribution is 5.21. The van der Waals surface area contributed by atoms with Gasteiger partial charge in [-0.15, -0.1) is 5.10 Å². The molecule has 0 atom stereocenters. The van der Waals surface area contributed by atoms with Crippen molar-refractivity contribution in [2.75, 3.05) is 7.05 Å². The van der Waals surface area contributed by atoms with E-state index in [4.69, 9.17) is 0 Å². The lowest BCUT2D eigenvalue weighted by molar-refractivity contribution is 0.314. The van der Waals surface area contributed by atoms with Crippen LogP contribution in [0.3, 0.4) is 0 Å². The molecule has 0 fully saturated rings. The number of hydrogen-bond donors (Lipinski definition) is 0. The van der Waals surface area contributed by atoms with Crippen LogP contribution >= 0.6 is 0 Å². The summed E-state index contributed by atoms with van der Waals surface area (Å²) in [6.45, 7) is 3.77. The Balaban J connectivity index is 1.98. The van der Waals surface area contributed by atoms with Gasteiger partial charge < -0.3 is 0 Å². The molecule has 0 saturated heterocycles. The zero-order valence-electron chi connectivity index (χ0n) is 10.5. The lowest BCUT2D eigenvalue weighted by Gasteiger charge is -2.15. The zero-order valence-corrected chi connectivity index (χ0v) is 10.5. The molecular formula is C12H17N5. The number of nitrogens with zero attached hydrogens (tertiary/aromatic N) is 5. The number of pyridine rings is 1. The fraction of sp³-hybridized carbons (Fsp3) is 0.417. The van der Waals surface area contributed by atoms with Crippen LogP contribution in [0.15, 0.2) is 24.7 Å². The second-order valence-electron chi connectivity index (χ2n) is 4.36. The Kier molecular flexibility index (Phi) is 3.49. The van der Waals surface area contributed by atoms with E-state index in [0.29, 0.717) is 0 Å². The van der Waals surface area contributed by atoms with E-state index in [9.17, 15) is 0 Å². The molecule has 0 aliphatic carbocycles. The number of hydrogen-bond acceptors (Lipinski definition) is 4. The Labute approximate surface area is 101 Å². The molecule has 2 rings (SSSR count). The molecule has 17 heavy (non-hydrogen) atoms. The lowest BCUT2D eigenvalue weighted by atomic mass is 10.1. The highest BCUT2D eigenvalue weighted by atomic mass is 15.4. The number of aromatic nitrogens is 4. The van der Waals surface area contributed by atoms with Crippen molar-refractivity contribution in [1.29, 1.82) is 0 Å². The summed E-state index contributed by atoms with van der Waals surface area (Å²) in [5.74, 6) is 0. The Morgan fingerprint density at radius 2 is 2.18 bits per heavy atom. The molecule has 90 valence electrons. The Bertz CT molecular complexity index is 491. The van der Waals surface area contributed by atoms with E-state index in [1.165, 1.54) is 11.1 Å². The SMILES string of the molecule is Cc1ccncc1CN(C)Cc1cn(C)nn1. The van der Waals surface area contributed by atoms with Gasteiger partial charge in [0, 0.05) is 38.7 Å². The molecule has 0 saturated carbocycles. The summed E-state index contributed by atoms with van der Waals surface area (Å²) in [5.41, 5.74) is 3.50. The molecule has 2 aromatic heterocycles. The highest BCUT2D eigenvalue weighted by Crippen LogP contribution is 2.09. The van der Waals surface area contributed by atoms with E-state index in [1.54, 1.807) is 4.68 Å². The van der Waals surface area contributed by atoms with Gasteiger partial charge in [-0.05, 0) is 31.2 Å². The van der Waals surface area contributed by atoms with Crippen molar-refractivity contribution in [2.45, 2.75) is 20.0 Å². The molecule has 5 heteroatoms. The topological polar surface area (TPSA) is 46.8 Å². The maximum absolute atomic E-state index is 4.15. The molecule has 0 N–H and O–H groups in total. The molecule has 0 aromatic carbocycles. The largest absolute Gasteiger partial charge is 0.296 e. The van der Waals surface area contributed by atoms with Gasteiger partial charge in [-0.2, -0.15) is 0 Å². The average Bonchev–Trinajstić information content (AvgIpc) is 2.67. The number of rotatable bonds is 4. The average molecular weight is 231 g/mol.